The Kier molecular flexibility index (Phi) is 10.1. The van der Waals surface area contributed by atoms with Crippen LogP contribution in [0, 0.1) is 0 Å². The van der Waals surface area contributed by atoms with Crippen LogP contribution < -0.4 is 11.1 Å². The van der Waals surface area contributed by atoms with Crippen LogP contribution in [0.25, 0.3) is 10.8 Å². The molecule has 5 amide bonds. The summed E-state index contributed by atoms with van der Waals surface area (Å²) in [4.78, 5) is 74.3. The third-order valence-electron chi connectivity index (χ3n) is 11.1. The molecule has 6 atom stereocenters. The SMILES string of the molecule is CC(=O)N[C@@H](Cc1ccc2ccccc2c1)C(=O)N1CCC(c2ccccc2)[C@H]1C(=O)N1CCC(c2ccccc2)[C@H]1C(=O)N1CCC[C@H]1C(N)=O. The van der Waals surface area contributed by atoms with Crippen molar-refractivity contribution in [3.63, 3.8) is 0 Å². The minimum Gasteiger partial charge on any atom is -0.368 e. The van der Waals surface area contributed by atoms with Gasteiger partial charge in [-0.15, -0.1) is 0 Å². The Bertz CT molecular complexity index is 1970. The van der Waals surface area contributed by atoms with E-state index < -0.39 is 30.1 Å². The van der Waals surface area contributed by atoms with Crippen LogP contribution in [0.3, 0.4) is 0 Å². The molecule has 3 heterocycles. The molecule has 0 spiro atoms. The molecule has 52 heavy (non-hydrogen) atoms. The molecule has 0 radical (unpaired) electrons. The van der Waals surface area contributed by atoms with Crippen LogP contribution in [0.15, 0.2) is 103 Å². The van der Waals surface area contributed by atoms with Gasteiger partial charge < -0.3 is 25.8 Å². The smallest absolute Gasteiger partial charge is 0.246 e. The van der Waals surface area contributed by atoms with Gasteiger partial charge in [0.25, 0.3) is 0 Å². The third kappa shape index (κ3) is 6.89. The Morgan fingerprint density at radius 2 is 1.23 bits per heavy atom. The highest BCUT2D eigenvalue weighted by Crippen LogP contribution is 2.41. The van der Waals surface area contributed by atoms with Crippen LogP contribution in [0.5, 0.6) is 0 Å². The highest BCUT2D eigenvalue weighted by atomic mass is 16.2. The predicted molar refractivity (Wildman–Crippen MR) is 198 cm³/mol. The number of likely N-dealkylation sites (tertiary alicyclic amines) is 3. The van der Waals surface area contributed by atoms with E-state index in [1.165, 1.54) is 6.92 Å². The van der Waals surface area contributed by atoms with Gasteiger partial charge in [-0.3, -0.25) is 24.0 Å². The average Bonchev–Trinajstić information content (AvgIpc) is 3.94. The molecule has 4 aromatic carbocycles. The Morgan fingerprint density at radius 1 is 0.673 bits per heavy atom. The van der Waals surface area contributed by atoms with Crippen molar-refractivity contribution in [1.29, 1.82) is 0 Å². The molecular formula is C42H45N5O5. The van der Waals surface area contributed by atoms with Gasteiger partial charge in [-0.2, -0.15) is 0 Å². The van der Waals surface area contributed by atoms with Crippen molar-refractivity contribution < 1.29 is 24.0 Å². The molecule has 0 aromatic heterocycles. The number of nitrogens with two attached hydrogens (primary N) is 1. The molecule has 2 unspecified atom stereocenters. The van der Waals surface area contributed by atoms with E-state index in [2.05, 4.69) is 5.32 Å². The maximum absolute atomic E-state index is 15.2. The van der Waals surface area contributed by atoms with Crippen molar-refractivity contribution in [1.82, 2.24) is 20.0 Å². The van der Waals surface area contributed by atoms with Gasteiger partial charge in [0.05, 0.1) is 0 Å². The van der Waals surface area contributed by atoms with Gasteiger partial charge in [-0.1, -0.05) is 103 Å². The molecule has 0 bridgehead atoms. The van der Waals surface area contributed by atoms with Gasteiger partial charge in [0, 0.05) is 44.8 Å². The second-order valence-corrected chi connectivity index (χ2v) is 14.3. The number of nitrogens with zero attached hydrogens (tertiary/aromatic N) is 3. The monoisotopic (exact) mass is 699 g/mol. The summed E-state index contributed by atoms with van der Waals surface area (Å²) in [6.45, 7) is 2.41. The molecule has 3 N–H and O–H groups in total. The quantitative estimate of drug-likeness (QED) is 0.271. The van der Waals surface area contributed by atoms with Crippen molar-refractivity contribution in [2.75, 3.05) is 19.6 Å². The van der Waals surface area contributed by atoms with Crippen molar-refractivity contribution in [3.8, 4) is 0 Å². The summed E-state index contributed by atoms with van der Waals surface area (Å²) >= 11 is 0. The number of rotatable bonds is 9. The number of amides is 5. The lowest BCUT2D eigenvalue weighted by Crippen LogP contribution is -2.59. The van der Waals surface area contributed by atoms with Crippen molar-refractivity contribution >= 4 is 40.3 Å². The fourth-order valence-electron chi connectivity index (χ4n) is 8.70. The minimum atomic E-state index is -0.905. The number of hydrogen-bond donors (Lipinski definition) is 2. The average molecular weight is 700 g/mol. The highest BCUT2D eigenvalue weighted by Gasteiger charge is 2.52. The molecule has 268 valence electrons. The van der Waals surface area contributed by atoms with Crippen LogP contribution in [0.1, 0.15) is 61.1 Å². The fraction of sp³-hybridized carbons (Fsp3) is 0.357. The van der Waals surface area contributed by atoms with Gasteiger partial charge in [-0.05, 0) is 53.1 Å². The van der Waals surface area contributed by atoms with Crippen LogP contribution in [-0.2, 0) is 30.4 Å². The van der Waals surface area contributed by atoms with Crippen LogP contribution >= 0.6 is 0 Å². The second kappa shape index (κ2) is 15.0. The number of benzene rings is 4. The second-order valence-electron chi connectivity index (χ2n) is 14.3. The topological polar surface area (TPSA) is 133 Å². The van der Waals surface area contributed by atoms with E-state index in [9.17, 15) is 19.2 Å². The van der Waals surface area contributed by atoms with Gasteiger partial charge in [0.1, 0.15) is 24.2 Å². The van der Waals surface area contributed by atoms with Gasteiger partial charge >= 0.3 is 0 Å². The number of hydrogen-bond acceptors (Lipinski definition) is 5. The van der Waals surface area contributed by atoms with E-state index in [-0.39, 0.29) is 41.9 Å². The van der Waals surface area contributed by atoms with E-state index in [0.717, 1.165) is 27.5 Å². The minimum absolute atomic E-state index is 0.251. The lowest BCUT2D eigenvalue weighted by atomic mass is 9.88. The molecular weight excluding hydrogens is 654 g/mol. The summed E-state index contributed by atoms with van der Waals surface area (Å²) in [5.41, 5.74) is 8.51. The van der Waals surface area contributed by atoms with Crippen LogP contribution in [0.4, 0.5) is 0 Å². The number of carbonyl (C=O) groups is 5. The summed E-state index contributed by atoms with van der Waals surface area (Å²) in [7, 11) is 0. The van der Waals surface area contributed by atoms with Crippen molar-refractivity contribution in [2.24, 2.45) is 5.73 Å². The van der Waals surface area contributed by atoms with Gasteiger partial charge in [0.15, 0.2) is 0 Å². The van der Waals surface area contributed by atoms with Crippen molar-refractivity contribution in [2.45, 2.75) is 75.0 Å². The van der Waals surface area contributed by atoms with Gasteiger partial charge in [-0.25, -0.2) is 0 Å². The lowest BCUT2D eigenvalue weighted by Gasteiger charge is -2.37. The van der Waals surface area contributed by atoms with E-state index >= 15 is 4.79 Å². The zero-order valence-corrected chi connectivity index (χ0v) is 29.4. The molecule has 10 heteroatoms. The first-order valence-electron chi connectivity index (χ1n) is 18.3. The Hall–Kier alpha value is -5.51. The van der Waals surface area contributed by atoms with Gasteiger partial charge in [0.2, 0.25) is 29.5 Å². The normalized spacial score (nSPS) is 23.5. The largest absolute Gasteiger partial charge is 0.368 e. The fourth-order valence-corrected chi connectivity index (χ4v) is 8.70. The molecule has 7 rings (SSSR count). The van der Waals surface area contributed by atoms with E-state index in [1.54, 1.807) is 14.7 Å². The number of fused-ring (bicyclic) bond motifs is 1. The van der Waals surface area contributed by atoms with Crippen molar-refractivity contribution in [3.05, 3.63) is 120 Å². The summed E-state index contributed by atoms with van der Waals surface area (Å²) < 4.78 is 0. The molecule has 10 nitrogen and oxygen atoms in total. The molecule has 3 aliphatic heterocycles. The molecule has 3 saturated heterocycles. The first kappa shape index (κ1) is 34.9. The zero-order valence-electron chi connectivity index (χ0n) is 29.4. The summed E-state index contributed by atoms with van der Waals surface area (Å²) in [6.07, 6.45) is 2.48. The number of primary amides is 1. The molecule has 0 aliphatic carbocycles. The lowest BCUT2D eigenvalue weighted by molar-refractivity contribution is -0.151. The van der Waals surface area contributed by atoms with Crippen LogP contribution in [0.2, 0.25) is 0 Å². The van der Waals surface area contributed by atoms with E-state index in [1.807, 2.05) is 103 Å². The van der Waals surface area contributed by atoms with E-state index in [0.29, 0.717) is 45.3 Å². The molecule has 3 fully saturated rings. The molecule has 3 aliphatic rings. The summed E-state index contributed by atoms with van der Waals surface area (Å²) in [6, 6.07) is 30.0. The summed E-state index contributed by atoms with van der Waals surface area (Å²) in [5, 5.41) is 4.99. The number of carbonyl (C=O) groups excluding carboxylic acids is 5. The van der Waals surface area contributed by atoms with E-state index in [4.69, 9.17) is 5.73 Å². The standard InChI is InChI=1S/C42H45N5O5/c1-27(48)44-35(26-28-18-19-29-11-8-9-16-32(29)25-28)40(50)46-23-20-34(31-14-6-3-7-15-31)38(46)42(52)47-24-21-33(30-12-4-2-5-13-30)37(47)41(51)45-22-10-17-36(45)39(43)49/h2-9,11-16,18-19,25,33-38H,10,17,20-24,26H2,1H3,(H2,43,49)(H,44,48)/t33?,34?,35-,36-,37-,38-/m0/s1. The third-order valence-corrected chi connectivity index (χ3v) is 11.1. The Labute approximate surface area is 303 Å². The first-order valence-corrected chi connectivity index (χ1v) is 18.3. The highest BCUT2D eigenvalue weighted by molar-refractivity contribution is 5.97. The molecule has 0 saturated carbocycles. The first-order chi connectivity index (χ1) is 25.2. The number of nitrogens with one attached hydrogen (secondary N) is 1. The molecule has 4 aromatic rings. The Balaban J connectivity index is 1.24. The maximum atomic E-state index is 15.2. The van der Waals surface area contributed by atoms with Crippen LogP contribution in [-0.4, -0.2) is 88.0 Å². The summed E-state index contributed by atoms with van der Waals surface area (Å²) in [5.74, 6) is -2.45. The maximum Gasteiger partial charge on any atom is 0.246 e. The Morgan fingerprint density at radius 3 is 1.85 bits per heavy atom. The predicted octanol–water partition coefficient (Wildman–Crippen LogP) is 4.13. The zero-order chi connectivity index (χ0) is 36.4.